The predicted octanol–water partition coefficient (Wildman–Crippen LogP) is 1.36. The molecule has 1 heterocycles. The van der Waals surface area contributed by atoms with Crippen LogP contribution in [0, 0.1) is 5.92 Å². The standard InChI is InChI=1S/C10H20N4/c1-8(2)4-5-9(12-11)10-6-7-14(3)13-10/h6-9,12H,4-5,11H2,1-3H3. The SMILES string of the molecule is CC(C)CCC(NN)c1ccn(C)n1. The Kier molecular flexibility index (Phi) is 4.10. The number of hydrogen-bond acceptors (Lipinski definition) is 3. The van der Waals surface area contributed by atoms with Gasteiger partial charge in [-0.3, -0.25) is 16.0 Å². The summed E-state index contributed by atoms with van der Waals surface area (Å²) in [6.07, 6.45) is 4.13. The van der Waals surface area contributed by atoms with Gasteiger partial charge in [-0.2, -0.15) is 5.10 Å². The summed E-state index contributed by atoms with van der Waals surface area (Å²) in [7, 11) is 1.92. The highest BCUT2D eigenvalue weighted by Crippen LogP contribution is 2.18. The summed E-state index contributed by atoms with van der Waals surface area (Å²) in [5.74, 6) is 6.20. The quantitative estimate of drug-likeness (QED) is 0.552. The highest BCUT2D eigenvalue weighted by molar-refractivity contribution is 5.04. The van der Waals surface area contributed by atoms with Gasteiger partial charge >= 0.3 is 0 Å². The van der Waals surface area contributed by atoms with Crippen LogP contribution in [0.1, 0.15) is 38.4 Å². The Balaban J connectivity index is 2.54. The molecule has 0 radical (unpaired) electrons. The lowest BCUT2D eigenvalue weighted by Crippen LogP contribution is -2.28. The molecular weight excluding hydrogens is 176 g/mol. The van der Waals surface area contributed by atoms with Gasteiger partial charge in [0.2, 0.25) is 0 Å². The molecule has 0 aliphatic heterocycles. The fraction of sp³-hybridized carbons (Fsp3) is 0.700. The van der Waals surface area contributed by atoms with Crippen molar-refractivity contribution in [2.75, 3.05) is 0 Å². The highest BCUT2D eigenvalue weighted by atomic mass is 15.3. The molecule has 0 aliphatic rings. The zero-order chi connectivity index (χ0) is 10.6. The van der Waals surface area contributed by atoms with Crippen molar-refractivity contribution in [2.24, 2.45) is 18.8 Å². The van der Waals surface area contributed by atoms with Crippen molar-refractivity contribution >= 4 is 0 Å². The van der Waals surface area contributed by atoms with Gasteiger partial charge in [0, 0.05) is 13.2 Å². The molecule has 0 bridgehead atoms. The normalized spacial score (nSPS) is 13.5. The lowest BCUT2D eigenvalue weighted by Gasteiger charge is -2.14. The van der Waals surface area contributed by atoms with E-state index in [1.165, 1.54) is 0 Å². The lowest BCUT2D eigenvalue weighted by atomic mass is 10.0. The second-order valence-electron chi connectivity index (χ2n) is 4.10. The van der Waals surface area contributed by atoms with E-state index in [-0.39, 0.29) is 6.04 Å². The molecule has 0 aromatic carbocycles. The summed E-state index contributed by atoms with van der Waals surface area (Å²) in [6, 6.07) is 2.18. The number of aryl methyl sites for hydroxylation is 1. The molecule has 0 spiro atoms. The Bertz CT molecular complexity index is 267. The van der Waals surface area contributed by atoms with Gasteiger partial charge < -0.3 is 0 Å². The smallest absolute Gasteiger partial charge is 0.0807 e. The molecule has 14 heavy (non-hydrogen) atoms. The first kappa shape index (κ1) is 11.2. The largest absolute Gasteiger partial charge is 0.275 e. The van der Waals surface area contributed by atoms with Gasteiger partial charge in [-0.25, -0.2) is 0 Å². The monoisotopic (exact) mass is 196 g/mol. The lowest BCUT2D eigenvalue weighted by molar-refractivity contribution is 0.438. The molecule has 1 rings (SSSR count). The molecule has 1 aromatic rings. The number of nitrogens with one attached hydrogen (secondary N) is 1. The van der Waals surface area contributed by atoms with E-state index < -0.39 is 0 Å². The van der Waals surface area contributed by atoms with Gasteiger partial charge in [-0.1, -0.05) is 13.8 Å². The molecule has 0 fully saturated rings. The zero-order valence-electron chi connectivity index (χ0n) is 9.20. The van der Waals surface area contributed by atoms with E-state index in [4.69, 9.17) is 5.84 Å². The third-order valence-corrected chi connectivity index (χ3v) is 2.33. The second kappa shape index (κ2) is 5.12. The average Bonchev–Trinajstić information content (AvgIpc) is 2.53. The second-order valence-corrected chi connectivity index (χ2v) is 4.10. The van der Waals surface area contributed by atoms with Crippen LogP contribution in [-0.4, -0.2) is 9.78 Å². The molecule has 1 aromatic heterocycles. The van der Waals surface area contributed by atoms with E-state index in [2.05, 4.69) is 24.4 Å². The molecule has 0 aliphatic carbocycles. The third kappa shape index (κ3) is 3.12. The van der Waals surface area contributed by atoms with Crippen LogP contribution in [0.4, 0.5) is 0 Å². The molecule has 1 atom stereocenters. The maximum atomic E-state index is 5.50. The van der Waals surface area contributed by atoms with Crippen LogP contribution in [0.15, 0.2) is 12.3 Å². The van der Waals surface area contributed by atoms with E-state index >= 15 is 0 Å². The Morgan fingerprint density at radius 1 is 1.50 bits per heavy atom. The number of aromatic nitrogens is 2. The van der Waals surface area contributed by atoms with Crippen molar-refractivity contribution in [1.29, 1.82) is 0 Å². The number of nitrogens with zero attached hydrogens (tertiary/aromatic N) is 2. The van der Waals surface area contributed by atoms with Crippen LogP contribution in [-0.2, 0) is 7.05 Å². The first-order chi connectivity index (χ1) is 6.63. The molecule has 80 valence electrons. The summed E-state index contributed by atoms with van der Waals surface area (Å²) < 4.78 is 1.80. The molecule has 3 N–H and O–H groups in total. The molecule has 0 saturated heterocycles. The van der Waals surface area contributed by atoms with E-state index in [1.54, 1.807) is 4.68 Å². The maximum Gasteiger partial charge on any atom is 0.0807 e. The number of rotatable bonds is 5. The van der Waals surface area contributed by atoms with Crippen LogP contribution in [0.25, 0.3) is 0 Å². The summed E-state index contributed by atoms with van der Waals surface area (Å²) >= 11 is 0. The Hall–Kier alpha value is -0.870. The predicted molar refractivity (Wildman–Crippen MR) is 57.3 cm³/mol. The summed E-state index contributed by atoms with van der Waals surface area (Å²) in [5, 5.41) is 4.33. The number of hydrogen-bond donors (Lipinski definition) is 2. The van der Waals surface area contributed by atoms with Gasteiger partial charge in [0.25, 0.3) is 0 Å². The van der Waals surface area contributed by atoms with Crippen LogP contribution in [0.2, 0.25) is 0 Å². The molecule has 1 unspecified atom stereocenters. The first-order valence-corrected chi connectivity index (χ1v) is 5.09. The van der Waals surface area contributed by atoms with Crippen LogP contribution in [0.3, 0.4) is 0 Å². The van der Waals surface area contributed by atoms with Gasteiger partial charge in [0.15, 0.2) is 0 Å². The summed E-state index contributed by atoms with van der Waals surface area (Å²) in [6.45, 7) is 4.43. The van der Waals surface area contributed by atoms with E-state index in [9.17, 15) is 0 Å². The topological polar surface area (TPSA) is 55.9 Å². The first-order valence-electron chi connectivity index (χ1n) is 5.09. The molecule has 0 saturated carbocycles. The van der Waals surface area contributed by atoms with Gasteiger partial charge in [0.1, 0.15) is 0 Å². The van der Waals surface area contributed by atoms with Crippen molar-refractivity contribution in [2.45, 2.75) is 32.7 Å². The van der Waals surface area contributed by atoms with Gasteiger partial charge in [-0.05, 0) is 24.8 Å². The molecule has 0 amide bonds. The minimum atomic E-state index is 0.179. The van der Waals surface area contributed by atoms with Crippen LogP contribution in [0.5, 0.6) is 0 Å². The summed E-state index contributed by atoms with van der Waals surface area (Å²) in [5.41, 5.74) is 3.83. The minimum Gasteiger partial charge on any atom is -0.275 e. The maximum absolute atomic E-state index is 5.50. The fourth-order valence-corrected chi connectivity index (χ4v) is 1.44. The minimum absolute atomic E-state index is 0.179. The fourth-order valence-electron chi connectivity index (χ4n) is 1.44. The molecule has 4 heteroatoms. The molecule has 4 nitrogen and oxygen atoms in total. The molecular formula is C10H20N4. The average molecular weight is 196 g/mol. The van der Waals surface area contributed by atoms with E-state index in [0.29, 0.717) is 5.92 Å². The Morgan fingerprint density at radius 2 is 2.21 bits per heavy atom. The van der Waals surface area contributed by atoms with Crippen molar-refractivity contribution in [3.8, 4) is 0 Å². The van der Waals surface area contributed by atoms with Crippen LogP contribution >= 0.6 is 0 Å². The van der Waals surface area contributed by atoms with Crippen LogP contribution < -0.4 is 11.3 Å². The summed E-state index contributed by atoms with van der Waals surface area (Å²) in [4.78, 5) is 0. The Morgan fingerprint density at radius 3 is 2.64 bits per heavy atom. The highest BCUT2D eigenvalue weighted by Gasteiger charge is 2.12. The Labute approximate surface area is 85.5 Å². The number of nitrogens with two attached hydrogens (primary N) is 1. The van der Waals surface area contributed by atoms with Gasteiger partial charge in [0.05, 0.1) is 11.7 Å². The van der Waals surface area contributed by atoms with Crippen molar-refractivity contribution in [3.63, 3.8) is 0 Å². The number of hydrazine groups is 1. The van der Waals surface area contributed by atoms with Crippen molar-refractivity contribution < 1.29 is 0 Å². The van der Waals surface area contributed by atoms with Gasteiger partial charge in [-0.15, -0.1) is 0 Å². The zero-order valence-corrected chi connectivity index (χ0v) is 9.20. The van der Waals surface area contributed by atoms with Crippen molar-refractivity contribution in [1.82, 2.24) is 15.2 Å². The van der Waals surface area contributed by atoms with E-state index in [0.717, 1.165) is 18.5 Å². The van der Waals surface area contributed by atoms with E-state index in [1.807, 2.05) is 19.3 Å². The third-order valence-electron chi connectivity index (χ3n) is 2.33. The van der Waals surface area contributed by atoms with Crippen molar-refractivity contribution in [3.05, 3.63) is 18.0 Å².